The minimum atomic E-state index is -4.52. The average molecular weight is 446 g/mol. The molecule has 3 aromatic rings. The molecule has 0 atom stereocenters. The maximum Gasteiger partial charge on any atom is 0.416 e. The van der Waals surface area contributed by atoms with Gasteiger partial charge in [0.25, 0.3) is 5.91 Å². The zero-order chi connectivity index (χ0) is 22.9. The number of anilines is 2. The number of amides is 1. The highest BCUT2D eigenvalue weighted by atomic mass is 19.4. The van der Waals surface area contributed by atoms with Crippen molar-refractivity contribution in [2.24, 2.45) is 0 Å². The number of rotatable bonds is 4. The predicted molar refractivity (Wildman–Crippen MR) is 112 cm³/mol. The Bertz CT molecular complexity index is 1120. The number of nitrogens with two attached hydrogens (primary N) is 1. The minimum absolute atomic E-state index is 0.00856. The summed E-state index contributed by atoms with van der Waals surface area (Å²) in [7, 11) is 1.60. The fraction of sp³-hybridized carbons (Fsp3) is 0.273. The van der Waals surface area contributed by atoms with E-state index >= 15 is 0 Å². The molecule has 2 aromatic carbocycles. The Morgan fingerprint density at radius 1 is 1.09 bits per heavy atom. The Balaban J connectivity index is 1.55. The Morgan fingerprint density at radius 3 is 2.50 bits per heavy atom. The van der Waals surface area contributed by atoms with Crippen LogP contribution in [0.5, 0.6) is 5.75 Å². The summed E-state index contributed by atoms with van der Waals surface area (Å²) in [6, 6.07) is 12.2. The number of carbonyl (C=O) groups is 1. The summed E-state index contributed by atoms with van der Waals surface area (Å²) >= 11 is 0. The van der Waals surface area contributed by atoms with Crippen LogP contribution in [0, 0.1) is 0 Å². The summed E-state index contributed by atoms with van der Waals surface area (Å²) in [6.07, 6.45) is -4.52. The van der Waals surface area contributed by atoms with Gasteiger partial charge in [-0.25, -0.2) is 0 Å². The van der Waals surface area contributed by atoms with Gasteiger partial charge in [0.05, 0.1) is 18.4 Å². The van der Waals surface area contributed by atoms with Gasteiger partial charge in [0, 0.05) is 31.7 Å². The molecular weight excluding hydrogens is 425 g/mol. The van der Waals surface area contributed by atoms with Crippen LogP contribution in [-0.2, 0) is 6.18 Å². The second-order valence-corrected chi connectivity index (χ2v) is 7.30. The molecule has 0 unspecified atom stereocenters. The lowest BCUT2D eigenvalue weighted by Gasteiger charge is -2.36. The van der Waals surface area contributed by atoms with Crippen molar-refractivity contribution in [1.82, 2.24) is 10.1 Å². The number of methoxy groups -OCH3 is 1. The third-order valence-corrected chi connectivity index (χ3v) is 5.39. The first-order valence-electron chi connectivity index (χ1n) is 9.89. The van der Waals surface area contributed by atoms with Crippen LogP contribution in [-0.4, -0.2) is 49.3 Å². The maximum atomic E-state index is 13.2. The monoisotopic (exact) mass is 446 g/mol. The van der Waals surface area contributed by atoms with Gasteiger partial charge < -0.3 is 24.8 Å². The summed E-state index contributed by atoms with van der Waals surface area (Å²) in [6.45, 7) is 1.89. The molecule has 1 amide bonds. The van der Waals surface area contributed by atoms with E-state index in [4.69, 9.17) is 15.0 Å². The van der Waals surface area contributed by atoms with Gasteiger partial charge in [-0.15, -0.1) is 0 Å². The van der Waals surface area contributed by atoms with Crippen LogP contribution in [0.25, 0.3) is 11.3 Å². The van der Waals surface area contributed by atoms with Gasteiger partial charge in [0.1, 0.15) is 17.0 Å². The lowest BCUT2D eigenvalue weighted by molar-refractivity contribution is -0.137. The molecule has 1 fully saturated rings. The molecular formula is C22H21F3N4O3. The number of hydrogen-bond donors (Lipinski definition) is 1. The van der Waals surface area contributed by atoms with Crippen molar-refractivity contribution in [3.63, 3.8) is 0 Å². The highest BCUT2D eigenvalue weighted by Gasteiger charge is 2.33. The quantitative estimate of drug-likeness (QED) is 0.654. The summed E-state index contributed by atoms with van der Waals surface area (Å²) in [5, 5.41) is 3.77. The van der Waals surface area contributed by atoms with Gasteiger partial charge >= 0.3 is 6.18 Å². The Kier molecular flexibility index (Phi) is 5.68. The minimum Gasteiger partial charge on any atom is -0.495 e. The number of hydrogen-bond acceptors (Lipinski definition) is 6. The summed E-state index contributed by atoms with van der Waals surface area (Å²) in [5.74, 6) is 0.0767. The van der Waals surface area contributed by atoms with Crippen LogP contribution in [0.15, 0.2) is 53.1 Å². The maximum absolute atomic E-state index is 13.2. The van der Waals surface area contributed by atoms with Crippen LogP contribution in [0.3, 0.4) is 0 Å². The number of aromatic nitrogens is 1. The van der Waals surface area contributed by atoms with Crippen molar-refractivity contribution in [2.45, 2.75) is 6.18 Å². The van der Waals surface area contributed by atoms with Gasteiger partial charge in [-0.3, -0.25) is 4.79 Å². The molecule has 2 heterocycles. The molecule has 1 aromatic heterocycles. The SMILES string of the molecule is COc1ccccc1N1CCN(C(=O)c2c(-c3cccc(C(F)(F)F)c3)noc2N)CC1. The summed E-state index contributed by atoms with van der Waals surface area (Å²) in [4.78, 5) is 16.9. The van der Waals surface area contributed by atoms with Gasteiger partial charge in [-0.2, -0.15) is 13.2 Å². The average Bonchev–Trinajstić information content (AvgIpc) is 3.19. The number of nitrogens with zero attached hydrogens (tertiary/aromatic N) is 3. The van der Waals surface area contributed by atoms with Gasteiger partial charge in [0.2, 0.25) is 5.88 Å². The van der Waals surface area contributed by atoms with Crippen LogP contribution in [0.4, 0.5) is 24.7 Å². The van der Waals surface area contributed by atoms with Crippen molar-refractivity contribution >= 4 is 17.5 Å². The fourth-order valence-corrected chi connectivity index (χ4v) is 3.75. The van der Waals surface area contributed by atoms with Gasteiger partial charge in [-0.1, -0.05) is 29.4 Å². The predicted octanol–water partition coefficient (Wildman–Crippen LogP) is 3.91. The molecule has 0 spiro atoms. The van der Waals surface area contributed by atoms with E-state index in [9.17, 15) is 18.0 Å². The topological polar surface area (TPSA) is 84.8 Å². The number of benzene rings is 2. The lowest BCUT2D eigenvalue weighted by atomic mass is 10.0. The van der Waals surface area contributed by atoms with Crippen LogP contribution < -0.4 is 15.4 Å². The van der Waals surface area contributed by atoms with Crippen molar-refractivity contribution < 1.29 is 27.2 Å². The standard InChI is InChI=1S/C22H21F3N4O3/c1-31-17-8-3-2-7-16(17)28-9-11-29(12-10-28)21(30)18-19(27-32-20(18)26)14-5-4-6-15(13-14)22(23,24)25/h2-8,13H,9-12,26H2,1H3. The summed E-state index contributed by atoms with van der Waals surface area (Å²) < 4.78 is 49.7. The lowest BCUT2D eigenvalue weighted by Crippen LogP contribution is -2.49. The molecule has 32 heavy (non-hydrogen) atoms. The first-order valence-corrected chi connectivity index (χ1v) is 9.89. The molecule has 1 saturated heterocycles. The van der Waals surface area contributed by atoms with E-state index in [0.717, 1.165) is 23.6 Å². The number of carbonyl (C=O) groups excluding carboxylic acids is 1. The number of para-hydroxylation sites is 2. The van der Waals surface area contributed by atoms with E-state index in [1.54, 1.807) is 12.0 Å². The van der Waals surface area contributed by atoms with Gasteiger partial charge in [0.15, 0.2) is 0 Å². The number of halogens is 3. The third-order valence-electron chi connectivity index (χ3n) is 5.39. The van der Waals surface area contributed by atoms with Crippen LogP contribution >= 0.6 is 0 Å². The largest absolute Gasteiger partial charge is 0.495 e. The molecule has 2 N–H and O–H groups in total. The van der Waals surface area contributed by atoms with E-state index in [2.05, 4.69) is 10.1 Å². The molecule has 1 aliphatic heterocycles. The number of alkyl halides is 3. The Morgan fingerprint density at radius 2 is 1.81 bits per heavy atom. The zero-order valence-corrected chi connectivity index (χ0v) is 17.2. The van der Waals surface area contributed by atoms with Crippen molar-refractivity contribution in [2.75, 3.05) is 43.9 Å². The molecule has 7 nitrogen and oxygen atoms in total. The highest BCUT2D eigenvalue weighted by Crippen LogP contribution is 2.35. The number of nitrogen functional groups attached to an aromatic ring is 1. The third kappa shape index (κ3) is 4.08. The fourth-order valence-electron chi connectivity index (χ4n) is 3.75. The molecule has 0 saturated carbocycles. The Hall–Kier alpha value is -3.69. The second-order valence-electron chi connectivity index (χ2n) is 7.30. The molecule has 10 heteroatoms. The van der Waals surface area contributed by atoms with Crippen LogP contribution in [0.2, 0.25) is 0 Å². The molecule has 0 bridgehead atoms. The molecule has 4 rings (SSSR count). The van der Waals surface area contributed by atoms with E-state index in [1.807, 2.05) is 24.3 Å². The summed E-state index contributed by atoms with van der Waals surface area (Å²) in [5.41, 5.74) is 5.99. The van der Waals surface area contributed by atoms with Crippen LogP contribution in [0.1, 0.15) is 15.9 Å². The number of ether oxygens (including phenoxy) is 1. The van der Waals surface area contributed by atoms with Gasteiger partial charge in [-0.05, 0) is 24.3 Å². The van der Waals surface area contributed by atoms with Crippen molar-refractivity contribution in [3.8, 4) is 17.0 Å². The molecule has 168 valence electrons. The van der Waals surface area contributed by atoms with E-state index in [0.29, 0.717) is 26.2 Å². The van der Waals surface area contributed by atoms with Crippen molar-refractivity contribution in [3.05, 3.63) is 59.7 Å². The van der Waals surface area contributed by atoms with Crippen molar-refractivity contribution in [1.29, 1.82) is 0 Å². The normalized spacial score (nSPS) is 14.5. The Labute approximate surface area is 182 Å². The number of piperazine rings is 1. The van der Waals surface area contributed by atoms with E-state index in [-0.39, 0.29) is 22.7 Å². The molecule has 0 radical (unpaired) electrons. The first-order chi connectivity index (χ1) is 15.3. The zero-order valence-electron chi connectivity index (χ0n) is 17.2. The first kappa shape index (κ1) is 21.5. The highest BCUT2D eigenvalue weighted by molar-refractivity contribution is 6.03. The van der Waals surface area contributed by atoms with E-state index in [1.165, 1.54) is 12.1 Å². The smallest absolute Gasteiger partial charge is 0.416 e. The molecule has 0 aliphatic carbocycles. The second kappa shape index (κ2) is 8.45. The molecule has 1 aliphatic rings. The van der Waals surface area contributed by atoms with E-state index < -0.39 is 17.6 Å².